The number of hydrogen-bond acceptors (Lipinski definition) is 2. The number of benzene rings is 2. The number of aryl methyl sites for hydroxylation is 2. The summed E-state index contributed by atoms with van der Waals surface area (Å²) < 4.78 is 0. The number of carboxylic acids is 2. The maximum absolute atomic E-state index is 11.5. The fourth-order valence-electron chi connectivity index (χ4n) is 2.56. The lowest BCUT2D eigenvalue weighted by Gasteiger charge is -2.15. The average Bonchev–Trinajstić information content (AvgIpc) is 2.32. The van der Waals surface area contributed by atoms with Crippen LogP contribution in [0.15, 0.2) is 12.1 Å². The molecule has 0 atom stereocenters. The van der Waals surface area contributed by atoms with Crippen molar-refractivity contribution in [2.45, 2.75) is 27.7 Å². The zero-order valence-electron chi connectivity index (χ0n) is 11.9. The molecule has 0 bridgehead atoms. The van der Waals surface area contributed by atoms with Crippen LogP contribution in [0.4, 0.5) is 0 Å². The highest BCUT2D eigenvalue weighted by atomic mass is 16.4. The van der Waals surface area contributed by atoms with Crippen LogP contribution < -0.4 is 0 Å². The van der Waals surface area contributed by atoms with Crippen LogP contribution in [0, 0.1) is 27.7 Å². The van der Waals surface area contributed by atoms with Crippen molar-refractivity contribution in [3.05, 3.63) is 45.5 Å². The van der Waals surface area contributed by atoms with E-state index in [4.69, 9.17) is 0 Å². The second-order valence-electron chi connectivity index (χ2n) is 5.09. The third-order valence-electron chi connectivity index (χ3n) is 3.91. The maximum atomic E-state index is 11.5. The van der Waals surface area contributed by atoms with Crippen LogP contribution in [0.25, 0.3) is 10.8 Å². The van der Waals surface area contributed by atoms with Crippen molar-refractivity contribution in [1.82, 2.24) is 0 Å². The van der Waals surface area contributed by atoms with E-state index in [0.29, 0.717) is 21.9 Å². The topological polar surface area (TPSA) is 74.6 Å². The van der Waals surface area contributed by atoms with E-state index in [-0.39, 0.29) is 11.1 Å². The molecule has 0 fully saturated rings. The van der Waals surface area contributed by atoms with Crippen LogP contribution in [-0.2, 0) is 0 Å². The number of hydrogen-bond donors (Lipinski definition) is 2. The molecule has 0 amide bonds. The molecule has 0 aliphatic carbocycles. The lowest BCUT2D eigenvalue weighted by molar-refractivity contribution is 0.0683. The van der Waals surface area contributed by atoms with E-state index in [2.05, 4.69) is 0 Å². The van der Waals surface area contributed by atoms with E-state index >= 15 is 0 Å². The molecule has 0 saturated carbocycles. The summed E-state index contributed by atoms with van der Waals surface area (Å²) in [6, 6.07) is 3.51. The van der Waals surface area contributed by atoms with Gasteiger partial charge in [0, 0.05) is 0 Å². The molecular formula is C16H16O4. The number of carbonyl (C=O) groups is 2. The minimum Gasteiger partial charge on any atom is -0.478 e. The third-order valence-corrected chi connectivity index (χ3v) is 3.91. The Balaban J connectivity index is 3.13. The molecule has 0 heterocycles. The van der Waals surface area contributed by atoms with Crippen LogP contribution in [0.1, 0.15) is 43.0 Å². The second kappa shape index (κ2) is 4.63. The largest absolute Gasteiger partial charge is 0.478 e. The Morgan fingerprint density at radius 1 is 0.750 bits per heavy atom. The number of aromatic carboxylic acids is 2. The molecule has 2 rings (SSSR count). The first-order valence-electron chi connectivity index (χ1n) is 6.26. The molecule has 104 valence electrons. The molecule has 4 heteroatoms. The molecule has 0 aromatic heterocycles. The van der Waals surface area contributed by atoms with Gasteiger partial charge in [0.25, 0.3) is 0 Å². The number of rotatable bonds is 2. The molecule has 0 saturated heterocycles. The monoisotopic (exact) mass is 272 g/mol. The van der Waals surface area contributed by atoms with Gasteiger partial charge in [-0.2, -0.15) is 0 Å². The predicted molar refractivity (Wildman–Crippen MR) is 76.8 cm³/mol. The Morgan fingerprint density at radius 2 is 1.05 bits per heavy atom. The fraction of sp³-hybridized carbons (Fsp3) is 0.250. The summed E-state index contributed by atoms with van der Waals surface area (Å²) in [4.78, 5) is 23.0. The van der Waals surface area contributed by atoms with Gasteiger partial charge in [0.1, 0.15) is 0 Å². The first-order chi connectivity index (χ1) is 9.25. The van der Waals surface area contributed by atoms with E-state index < -0.39 is 11.9 Å². The Labute approximate surface area is 116 Å². The van der Waals surface area contributed by atoms with Gasteiger partial charge in [0.15, 0.2) is 0 Å². The van der Waals surface area contributed by atoms with Crippen LogP contribution in [0.2, 0.25) is 0 Å². The minimum absolute atomic E-state index is 0.186. The summed E-state index contributed by atoms with van der Waals surface area (Å²) in [5.41, 5.74) is 3.27. The van der Waals surface area contributed by atoms with E-state index in [1.54, 1.807) is 26.0 Å². The Kier molecular flexibility index (Phi) is 3.26. The molecule has 2 N–H and O–H groups in total. The number of fused-ring (bicyclic) bond motifs is 1. The summed E-state index contributed by atoms with van der Waals surface area (Å²) in [7, 11) is 0. The quantitative estimate of drug-likeness (QED) is 0.877. The molecule has 0 aliphatic heterocycles. The highest BCUT2D eigenvalue weighted by Gasteiger charge is 2.22. The predicted octanol–water partition coefficient (Wildman–Crippen LogP) is 3.47. The molecular weight excluding hydrogens is 256 g/mol. The second-order valence-corrected chi connectivity index (χ2v) is 5.09. The van der Waals surface area contributed by atoms with Gasteiger partial charge < -0.3 is 10.2 Å². The zero-order chi connectivity index (χ0) is 15.2. The molecule has 2 aromatic rings. The summed E-state index contributed by atoms with van der Waals surface area (Å²) in [6.45, 7) is 7.08. The molecule has 0 unspecified atom stereocenters. The van der Waals surface area contributed by atoms with Crippen molar-refractivity contribution in [3.63, 3.8) is 0 Å². The standard InChI is InChI=1S/C16H16O4/c1-7-5-11-12(6-8(7)2)14(16(19)20)10(4)9(3)13(11)15(17)18/h5-6H,1-4H3,(H,17,18)(H,19,20). The van der Waals surface area contributed by atoms with Gasteiger partial charge in [0.05, 0.1) is 11.1 Å². The molecule has 0 spiro atoms. The lowest BCUT2D eigenvalue weighted by Crippen LogP contribution is -2.10. The van der Waals surface area contributed by atoms with Crippen LogP contribution in [0.3, 0.4) is 0 Å². The zero-order valence-corrected chi connectivity index (χ0v) is 11.9. The molecule has 0 aliphatic rings. The summed E-state index contributed by atoms with van der Waals surface area (Å²) in [5.74, 6) is -2.06. The van der Waals surface area contributed by atoms with Crippen molar-refractivity contribution in [2.24, 2.45) is 0 Å². The van der Waals surface area contributed by atoms with Crippen molar-refractivity contribution in [2.75, 3.05) is 0 Å². The van der Waals surface area contributed by atoms with E-state index in [9.17, 15) is 19.8 Å². The van der Waals surface area contributed by atoms with E-state index in [0.717, 1.165) is 11.1 Å². The van der Waals surface area contributed by atoms with Crippen LogP contribution in [0.5, 0.6) is 0 Å². The highest BCUT2D eigenvalue weighted by molar-refractivity contribution is 6.13. The van der Waals surface area contributed by atoms with Gasteiger partial charge >= 0.3 is 11.9 Å². The van der Waals surface area contributed by atoms with E-state index in [1.165, 1.54) is 0 Å². The number of carboxylic acid groups (broad SMARTS) is 2. The SMILES string of the molecule is Cc1cc2c(C(=O)O)c(C)c(C)c(C(=O)O)c2cc1C. The third kappa shape index (κ3) is 1.93. The Morgan fingerprint density at radius 3 is 1.30 bits per heavy atom. The van der Waals surface area contributed by atoms with Gasteiger partial charge in [-0.15, -0.1) is 0 Å². The fourth-order valence-corrected chi connectivity index (χ4v) is 2.56. The Bertz CT molecular complexity index is 693. The smallest absolute Gasteiger partial charge is 0.336 e. The van der Waals surface area contributed by atoms with Gasteiger partial charge in [-0.1, -0.05) is 12.1 Å². The van der Waals surface area contributed by atoms with Gasteiger partial charge in [-0.05, 0) is 60.7 Å². The van der Waals surface area contributed by atoms with Crippen molar-refractivity contribution in [1.29, 1.82) is 0 Å². The van der Waals surface area contributed by atoms with Crippen molar-refractivity contribution < 1.29 is 19.8 Å². The van der Waals surface area contributed by atoms with Crippen LogP contribution in [-0.4, -0.2) is 22.2 Å². The normalized spacial score (nSPS) is 10.8. The Hall–Kier alpha value is -2.36. The first kappa shape index (κ1) is 14.1. The van der Waals surface area contributed by atoms with Gasteiger partial charge in [-0.3, -0.25) is 0 Å². The maximum Gasteiger partial charge on any atom is 0.336 e. The summed E-state index contributed by atoms with van der Waals surface area (Å²) in [6.07, 6.45) is 0. The summed E-state index contributed by atoms with van der Waals surface area (Å²) in [5, 5.41) is 19.8. The molecule has 0 radical (unpaired) electrons. The van der Waals surface area contributed by atoms with Gasteiger partial charge in [-0.25, -0.2) is 9.59 Å². The lowest BCUT2D eigenvalue weighted by atomic mass is 9.88. The highest BCUT2D eigenvalue weighted by Crippen LogP contribution is 2.32. The van der Waals surface area contributed by atoms with Gasteiger partial charge in [0.2, 0.25) is 0 Å². The molecule has 4 nitrogen and oxygen atoms in total. The minimum atomic E-state index is -1.03. The molecule has 2 aromatic carbocycles. The average molecular weight is 272 g/mol. The molecule has 20 heavy (non-hydrogen) atoms. The van der Waals surface area contributed by atoms with Crippen molar-refractivity contribution >= 4 is 22.7 Å². The first-order valence-corrected chi connectivity index (χ1v) is 6.26. The van der Waals surface area contributed by atoms with E-state index in [1.807, 2.05) is 13.8 Å². The van der Waals surface area contributed by atoms with Crippen molar-refractivity contribution in [3.8, 4) is 0 Å². The summed E-state index contributed by atoms with van der Waals surface area (Å²) >= 11 is 0. The van der Waals surface area contributed by atoms with Crippen LogP contribution >= 0.6 is 0 Å².